The Kier molecular flexibility index (Phi) is 6.36. The van der Waals surface area contributed by atoms with Gasteiger partial charge in [0.2, 0.25) is 5.91 Å². The van der Waals surface area contributed by atoms with Gasteiger partial charge < -0.3 is 10.1 Å². The Labute approximate surface area is 171 Å². The number of thiazole rings is 1. The van der Waals surface area contributed by atoms with Crippen LogP contribution in [-0.2, 0) is 9.59 Å². The van der Waals surface area contributed by atoms with E-state index >= 15 is 0 Å². The molecule has 0 saturated carbocycles. The first kappa shape index (κ1) is 20.2. The van der Waals surface area contributed by atoms with E-state index < -0.39 is 0 Å². The molecule has 0 bridgehead atoms. The lowest BCUT2D eigenvalue weighted by molar-refractivity contribution is -0.118. The third-order valence-electron chi connectivity index (χ3n) is 3.88. The third kappa shape index (κ3) is 5.73. The summed E-state index contributed by atoms with van der Waals surface area (Å²) in [6.07, 6.45) is 0. The van der Waals surface area contributed by atoms with E-state index in [0.717, 1.165) is 11.3 Å². The molecule has 0 atom stereocenters. The highest BCUT2D eigenvalue weighted by Gasteiger charge is 2.09. The lowest BCUT2D eigenvalue weighted by atomic mass is 10.1. The zero-order chi connectivity index (χ0) is 20.8. The lowest BCUT2D eigenvalue weighted by Gasteiger charge is -2.06. The number of anilines is 2. The molecule has 0 aliphatic rings. The molecule has 148 valence electrons. The fourth-order valence-corrected chi connectivity index (χ4v) is 3.22. The number of carbonyl (C=O) groups excluding carboxylic acids is 3. The monoisotopic (exact) mass is 409 g/mol. The van der Waals surface area contributed by atoms with Gasteiger partial charge in [0, 0.05) is 29.1 Å². The zero-order valence-corrected chi connectivity index (χ0v) is 16.7. The van der Waals surface area contributed by atoms with Crippen LogP contribution in [0.2, 0.25) is 0 Å². The van der Waals surface area contributed by atoms with Crippen LogP contribution < -0.4 is 15.4 Å². The number of hydrogen-bond donors (Lipinski definition) is 2. The number of benzene rings is 2. The second-order valence-corrected chi connectivity index (χ2v) is 7.07. The minimum Gasteiger partial charge on any atom is -0.484 e. The van der Waals surface area contributed by atoms with Crippen LogP contribution in [-0.4, -0.2) is 29.2 Å². The number of aromatic nitrogens is 1. The maximum Gasteiger partial charge on any atom is 0.264 e. The summed E-state index contributed by atoms with van der Waals surface area (Å²) in [5.74, 6) is 0.0128. The van der Waals surface area contributed by atoms with Crippen LogP contribution in [0.5, 0.6) is 5.75 Å². The predicted octanol–water partition coefficient (Wildman–Crippen LogP) is 3.99. The lowest BCUT2D eigenvalue weighted by Crippen LogP contribution is -2.20. The van der Waals surface area contributed by atoms with Gasteiger partial charge in [-0.05, 0) is 43.3 Å². The van der Waals surface area contributed by atoms with E-state index in [-0.39, 0.29) is 24.2 Å². The SMILES string of the molecule is CC(=O)Nc1ccc(-c2csc(NC(=O)COc3ccc(C(C)=O)cc3)n2)cc1. The molecule has 0 aliphatic heterocycles. The smallest absolute Gasteiger partial charge is 0.264 e. The molecule has 1 heterocycles. The minimum absolute atomic E-state index is 0.0291. The summed E-state index contributed by atoms with van der Waals surface area (Å²) < 4.78 is 5.43. The van der Waals surface area contributed by atoms with E-state index in [4.69, 9.17) is 4.74 Å². The molecule has 1 aromatic heterocycles. The van der Waals surface area contributed by atoms with E-state index in [2.05, 4.69) is 15.6 Å². The van der Waals surface area contributed by atoms with E-state index in [1.54, 1.807) is 36.4 Å². The molecule has 3 rings (SSSR count). The molecule has 29 heavy (non-hydrogen) atoms. The molecular formula is C21H19N3O4S. The second kappa shape index (κ2) is 9.11. The van der Waals surface area contributed by atoms with Crippen LogP contribution in [0.25, 0.3) is 11.3 Å². The first-order chi connectivity index (χ1) is 13.9. The number of ketones is 1. The van der Waals surface area contributed by atoms with Crippen LogP contribution in [0.1, 0.15) is 24.2 Å². The predicted molar refractivity (Wildman–Crippen MR) is 112 cm³/mol. The van der Waals surface area contributed by atoms with Crippen molar-refractivity contribution in [3.63, 3.8) is 0 Å². The summed E-state index contributed by atoms with van der Waals surface area (Å²) in [4.78, 5) is 38.8. The van der Waals surface area contributed by atoms with Crippen molar-refractivity contribution >= 4 is 39.8 Å². The Morgan fingerprint density at radius 2 is 1.66 bits per heavy atom. The highest BCUT2D eigenvalue weighted by molar-refractivity contribution is 7.14. The normalized spacial score (nSPS) is 10.3. The molecule has 0 spiro atoms. The van der Waals surface area contributed by atoms with E-state index in [0.29, 0.717) is 22.1 Å². The first-order valence-corrected chi connectivity index (χ1v) is 9.66. The molecule has 7 nitrogen and oxygen atoms in total. The average molecular weight is 409 g/mol. The standard InChI is InChI=1S/C21H19N3O4S/c1-13(25)15-5-9-18(10-6-15)28-11-20(27)24-21-23-19(12-29-21)16-3-7-17(8-4-16)22-14(2)26/h3-10,12H,11H2,1-2H3,(H,22,26)(H,23,24,27). The second-order valence-electron chi connectivity index (χ2n) is 6.21. The van der Waals surface area contributed by atoms with Crippen molar-refractivity contribution in [1.29, 1.82) is 0 Å². The Bertz CT molecular complexity index is 1030. The van der Waals surface area contributed by atoms with Crippen molar-refractivity contribution in [3.05, 3.63) is 59.5 Å². The van der Waals surface area contributed by atoms with E-state index in [1.165, 1.54) is 25.2 Å². The van der Waals surface area contributed by atoms with Gasteiger partial charge in [-0.1, -0.05) is 12.1 Å². The Morgan fingerprint density at radius 3 is 2.28 bits per heavy atom. The van der Waals surface area contributed by atoms with Crippen molar-refractivity contribution in [2.24, 2.45) is 0 Å². The van der Waals surface area contributed by atoms with Gasteiger partial charge in [0.05, 0.1) is 5.69 Å². The highest BCUT2D eigenvalue weighted by Crippen LogP contribution is 2.26. The maximum absolute atomic E-state index is 12.1. The Balaban J connectivity index is 1.54. The van der Waals surface area contributed by atoms with Gasteiger partial charge in [-0.15, -0.1) is 11.3 Å². The van der Waals surface area contributed by atoms with Crippen LogP contribution >= 0.6 is 11.3 Å². The van der Waals surface area contributed by atoms with Gasteiger partial charge >= 0.3 is 0 Å². The average Bonchev–Trinajstić information content (AvgIpc) is 3.15. The number of nitrogens with one attached hydrogen (secondary N) is 2. The molecule has 0 aliphatic carbocycles. The third-order valence-corrected chi connectivity index (χ3v) is 4.64. The molecule has 2 aromatic carbocycles. The topological polar surface area (TPSA) is 97.4 Å². The Hall–Kier alpha value is -3.52. The van der Waals surface area contributed by atoms with Gasteiger partial charge in [-0.25, -0.2) is 4.98 Å². The fourth-order valence-electron chi connectivity index (χ4n) is 2.48. The molecule has 0 fully saturated rings. The molecular weight excluding hydrogens is 390 g/mol. The summed E-state index contributed by atoms with van der Waals surface area (Å²) in [6.45, 7) is 2.77. The minimum atomic E-state index is -0.331. The molecule has 2 amide bonds. The van der Waals surface area contributed by atoms with Crippen molar-refractivity contribution in [3.8, 4) is 17.0 Å². The van der Waals surface area contributed by atoms with Crippen LogP contribution in [0, 0.1) is 0 Å². The van der Waals surface area contributed by atoms with Crippen LogP contribution in [0.15, 0.2) is 53.9 Å². The molecule has 0 radical (unpaired) electrons. The van der Waals surface area contributed by atoms with Gasteiger partial charge in [0.1, 0.15) is 5.75 Å². The number of Topliss-reactive ketones (excluding diaryl/α,β-unsaturated/α-hetero) is 1. The van der Waals surface area contributed by atoms with Crippen molar-refractivity contribution in [1.82, 2.24) is 4.98 Å². The van der Waals surface area contributed by atoms with E-state index in [1.807, 2.05) is 17.5 Å². The van der Waals surface area contributed by atoms with Crippen molar-refractivity contribution < 1.29 is 19.1 Å². The number of ether oxygens (including phenoxy) is 1. The Morgan fingerprint density at radius 1 is 0.966 bits per heavy atom. The quantitative estimate of drug-likeness (QED) is 0.575. The summed E-state index contributed by atoms with van der Waals surface area (Å²) in [7, 11) is 0. The van der Waals surface area contributed by atoms with E-state index in [9.17, 15) is 14.4 Å². The molecule has 2 N–H and O–H groups in total. The van der Waals surface area contributed by atoms with Gasteiger partial charge in [-0.2, -0.15) is 0 Å². The zero-order valence-electron chi connectivity index (χ0n) is 15.9. The summed E-state index contributed by atoms with van der Waals surface area (Å²) in [5, 5.41) is 7.71. The number of hydrogen-bond acceptors (Lipinski definition) is 6. The van der Waals surface area contributed by atoms with Gasteiger partial charge in [-0.3, -0.25) is 19.7 Å². The molecule has 0 unspecified atom stereocenters. The molecule has 8 heteroatoms. The molecule has 0 saturated heterocycles. The highest BCUT2D eigenvalue weighted by atomic mass is 32.1. The first-order valence-electron chi connectivity index (χ1n) is 8.78. The largest absolute Gasteiger partial charge is 0.484 e. The summed E-state index contributed by atoms with van der Waals surface area (Å²) in [5.41, 5.74) is 2.89. The molecule has 3 aromatic rings. The van der Waals surface area contributed by atoms with Crippen molar-refractivity contribution in [2.45, 2.75) is 13.8 Å². The van der Waals surface area contributed by atoms with Gasteiger partial charge in [0.15, 0.2) is 17.5 Å². The van der Waals surface area contributed by atoms with Crippen molar-refractivity contribution in [2.75, 3.05) is 17.2 Å². The number of nitrogens with zero attached hydrogens (tertiary/aromatic N) is 1. The number of amides is 2. The number of rotatable bonds is 7. The van der Waals surface area contributed by atoms with Gasteiger partial charge in [0.25, 0.3) is 5.91 Å². The summed E-state index contributed by atoms with van der Waals surface area (Å²) in [6, 6.07) is 13.9. The van der Waals surface area contributed by atoms with Crippen LogP contribution in [0.4, 0.5) is 10.8 Å². The van der Waals surface area contributed by atoms with Crippen LogP contribution in [0.3, 0.4) is 0 Å². The maximum atomic E-state index is 12.1. The fraction of sp³-hybridized carbons (Fsp3) is 0.143. The summed E-state index contributed by atoms with van der Waals surface area (Å²) >= 11 is 1.31. The number of carbonyl (C=O) groups is 3.